The molecule has 0 spiro atoms. The molecule has 0 saturated heterocycles. The van der Waals surface area contributed by atoms with Crippen LogP contribution in [-0.4, -0.2) is 44.7 Å². The van der Waals surface area contributed by atoms with Crippen molar-refractivity contribution in [1.29, 1.82) is 5.26 Å². The van der Waals surface area contributed by atoms with E-state index in [1.807, 2.05) is 13.0 Å². The number of nitrogens with one attached hydrogen (secondary N) is 3. The lowest BCUT2D eigenvalue weighted by molar-refractivity contribution is 0.0950. The molecule has 10 nitrogen and oxygen atoms in total. The second kappa shape index (κ2) is 7.71. The number of hydrogen-bond acceptors (Lipinski definition) is 9. The summed E-state index contributed by atoms with van der Waals surface area (Å²) in [5.74, 6) is 0.527. The molecule has 1 fully saturated rings. The van der Waals surface area contributed by atoms with Gasteiger partial charge in [-0.05, 0) is 19.8 Å². The van der Waals surface area contributed by atoms with Crippen LogP contribution in [0.1, 0.15) is 35.9 Å². The number of hydrogen-bond donors (Lipinski definition) is 4. The summed E-state index contributed by atoms with van der Waals surface area (Å²) in [6.45, 7) is 2.33. The Labute approximate surface area is 150 Å². The van der Waals surface area contributed by atoms with Gasteiger partial charge in [0.2, 0.25) is 0 Å². The van der Waals surface area contributed by atoms with Gasteiger partial charge < -0.3 is 21.7 Å². The molecule has 2 aromatic heterocycles. The first-order valence-corrected chi connectivity index (χ1v) is 8.26. The van der Waals surface area contributed by atoms with E-state index in [4.69, 9.17) is 11.0 Å². The van der Waals surface area contributed by atoms with Crippen LogP contribution in [0.3, 0.4) is 0 Å². The number of anilines is 3. The average Bonchev–Trinajstić information content (AvgIpc) is 2.61. The molecule has 0 unspecified atom stereocenters. The largest absolute Gasteiger partial charge is 0.380 e. The Morgan fingerprint density at radius 3 is 2.73 bits per heavy atom. The normalized spacial score (nSPS) is 18.3. The van der Waals surface area contributed by atoms with E-state index in [0.717, 1.165) is 12.8 Å². The van der Waals surface area contributed by atoms with Crippen molar-refractivity contribution in [3.63, 3.8) is 0 Å². The average molecular weight is 353 g/mol. The Morgan fingerprint density at radius 1 is 1.31 bits per heavy atom. The van der Waals surface area contributed by atoms with Crippen LogP contribution in [0.2, 0.25) is 0 Å². The highest BCUT2D eigenvalue weighted by Gasteiger charge is 2.27. The standard InChI is InChI=1S/C16H19N9O/c1-2-19-16(26)15-12(22-10-3-9(18)4-10)5-13(24-25-15)23-14-8-20-11(6-17)7-21-14/h5,7-10H,2-4,18H2,1H3,(H,19,26)(H2,21,22,23,24). The van der Waals surface area contributed by atoms with E-state index in [2.05, 4.69) is 36.1 Å². The van der Waals surface area contributed by atoms with E-state index in [1.54, 1.807) is 6.07 Å². The van der Waals surface area contributed by atoms with Gasteiger partial charge in [0.25, 0.3) is 5.91 Å². The Hall–Kier alpha value is -3.32. The van der Waals surface area contributed by atoms with Crippen molar-refractivity contribution in [3.05, 3.63) is 29.8 Å². The number of aromatic nitrogens is 4. The molecular weight excluding hydrogens is 334 g/mol. The molecule has 134 valence electrons. The minimum atomic E-state index is -0.296. The predicted octanol–water partition coefficient (Wildman–Crippen LogP) is 0.533. The molecule has 10 heteroatoms. The third-order valence-electron chi connectivity index (χ3n) is 3.90. The highest BCUT2D eigenvalue weighted by molar-refractivity contribution is 5.97. The van der Waals surface area contributed by atoms with Gasteiger partial charge in [-0.3, -0.25) is 4.79 Å². The summed E-state index contributed by atoms with van der Waals surface area (Å²) in [5, 5.41) is 25.8. The van der Waals surface area contributed by atoms with Crippen molar-refractivity contribution in [2.45, 2.75) is 31.8 Å². The van der Waals surface area contributed by atoms with E-state index in [-0.39, 0.29) is 29.4 Å². The lowest BCUT2D eigenvalue weighted by Crippen LogP contribution is -2.44. The van der Waals surface area contributed by atoms with Crippen LogP contribution >= 0.6 is 0 Å². The van der Waals surface area contributed by atoms with Crippen LogP contribution in [0.4, 0.5) is 17.3 Å². The van der Waals surface area contributed by atoms with Crippen molar-refractivity contribution < 1.29 is 4.79 Å². The van der Waals surface area contributed by atoms with Crippen LogP contribution in [0.15, 0.2) is 18.5 Å². The van der Waals surface area contributed by atoms with Gasteiger partial charge in [0.15, 0.2) is 17.2 Å². The third kappa shape index (κ3) is 4.01. The molecule has 1 amide bonds. The quantitative estimate of drug-likeness (QED) is 0.582. The van der Waals surface area contributed by atoms with Crippen molar-refractivity contribution >= 4 is 23.2 Å². The van der Waals surface area contributed by atoms with E-state index in [1.165, 1.54) is 12.4 Å². The maximum atomic E-state index is 12.2. The van der Waals surface area contributed by atoms with Gasteiger partial charge in [0, 0.05) is 24.7 Å². The zero-order valence-corrected chi connectivity index (χ0v) is 14.2. The van der Waals surface area contributed by atoms with Crippen LogP contribution in [-0.2, 0) is 0 Å². The molecule has 1 saturated carbocycles. The molecule has 26 heavy (non-hydrogen) atoms. The van der Waals surface area contributed by atoms with E-state index in [0.29, 0.717) is 23.9 Å². The number of carbonyl (C=O) groups is 1. The Morgan fingerprint density at radius 2 is 2.12 bits per heavy atom. The van der Waals surface area contributed by atoms with Gasteiger partial charge in [-0.2, -0.15) is 5.26 Å². The Balaban J connectivity index is 1.81. The van der Waals surface area contributed by atoms with Crippen molar-refractivity contribution in [2.75, 3.05) is 17.2 Å². The molecule has 1 aliphatic rings. The molecule has 2 aromatic rings. The van der Waals surface area contributed by atoms with Gasteiger partial charge in [-0.1, -0.05) is 0 Å². The van der Waals surface area contributed by atoms with Crippen LogP contribution in [0, 0.1) is 11.3 Å². The highest BCUT2D eigenvalue weighted by atomic mass is 16.1. The number of nitrogens with zero attached hydrogens (tertiary/aromatic N) is 5. The van der Waals surface area contributed by atoms with Crippen molar-refractivity contribution in [2.24, 2.45) is 5.73 Å². The van der Waals surface area contributed by atoms with Gasteiger partial charge in [0.05, 0.1) is 18.1 Å². The lowest BCUT2D eigenvalue weighted by atomic mass is 9.87. The molecule has 5 N–H and O–H groups in total. The first-order chi connectivity index (χ1) is 12.6. The zero-order valence-electron chi connectivity index (χ0n) is 14.2. The topological polar surface area (TPSA) is 155 Å². The number of carbonyl (C=O) groups excluding carboxylic acids is 1. The predicted molar refractivity (Wildman–Crippen MR) is 94.7 cm³/mol. The van der Waals surface area contributed by atoms with E-state index in [9.17, 15) is 4.79 Å². The number of nitrogens with two attached hydrogens (primary N) is 1. The summed E-state index contributed by atoms with van der Waals surface area (Å²) >= 11 is 0. The fourth-order valence-corrected chi connectivity index (χ4v) is 2.56. The van der Waals surface area contributed by atoms with Crippen molar-refractivity contribution in [1.82, 2.24) is 25.5 Å². The first kappa shape index (κ1) is 17.5. The molecule has 2 heterocycles. The summed E-state index contributed by atoms with van der Waals surface area (Å²) < 4.78 is 0. The Bertz CT molecular complexity index is 825. The summed E-state index contributed by atoms with van der Waals surface area (Å²) in [6, 6.07) is 3.98. The van der Waals surface area contributed by atoms with Crippen LogP contribution < -0.4 is 21.7 Å². The molecule has 3 rings (SSSR count). The fourth-order valence-electron chi connectivity index (χ4n) is 2.56. The van der Waals surface area contributed by atoms with E-state index < -0.39 is 0 Å². The monoisotopic (exact) mass is 353 g/mol. The van der Waals surface area contributed by atoms with Crippen LogP contribution in [0.25, 0.3) is 0 Å². The third-order valence-corrected chi connectivity index (χ3v) is 3.90. The smallest absolute Gasteiger partial charge is 0.273 e. The summed E-state index contributed by atoms with van der Waals surface area (Å²) in [7, 11) is 0. The number of amides is 1. The van der Waals surface area contributed by atoms with Gasteiger partial charge in [-0.25, -0.2) is 9.97 Å². The highest BCUT2D eigenvalue weighted by Crippen LogP contribution is 2.26. The van der Waals surface area contributed by atoms with E-state index >= 15 is 0 Å². The molecule has 0 bridgehead atoms. The van der Waals surface area contributed by atoms with Crippen molar-refractivity contribution in [3.8, 4) is 6.07 Å². The maximum Gasteiger partial charge on any atom is 0.273 e. The second-order valence-corrected chi connectivity index (χ2v) is 5.95. The Kier molecular flexibility index (Phi) is 5.19. The summed E-state index contributed by atoms with van der Waals surface area (Å²) in [5.41, 5.74) is 6.85. The summed E-state index contributed by atoms with van der Waals surface area (Å²) in [4.78, 5) is 20.2. The molecule has 0 radical (unpaired) electrons. The van der Waals surface area contributed by atoms with Gasteiger partial charge in [0.1, 0.15) is 11.9 Å². The minimum absolute atomic E-state index is 0.182. The fraction of sp³-hybridized carbons (Fsp3) is 0.375. The number of rotatable bonds is 6. The van der Waals surface area contributed by atoms with Gasteiger partial charge >= 0.3 is 0 Å². The maximum absolute atomic E-state index is 12.2. The summed E-state index contributed by atoms with van der Waals surface area (Å²) in [6.07, 6.45) is 4.45. The van der Waals surface area contributed by atoms with Crippen LogP contribution in [0.5, 0.6) is 0 Å². The number of nitriles is 1. The lowest BCUT2D eigenvalue weighted by Gasteiger charge is -2.34. The molecular formula is C16H19N9O. The second-order valence-electron chi connectivity index (χ2n) is 5.95. The molecule has 0 atom stereocenters. The SMILES string of the molecule is CCNC(=O)c1nnc(Nc2cnc(C#N)cn2)cc1NC1CC(N)C1. The first-order valence-electron chi connectivity index (χ1n) is 8.26. The molecule has 1 aliphatic carbocycles. The van der Waals surface area contributed by atoms with Gasteiger partial charge in [-0.15, -0.1) is 10.2 Å². The minimum Gasteiger partial charge on any atom is -0.380 e. The zero-order chi connectivity index (χ0) is 18.5. The molecule has 0 aliphatic heterocycles. The molecule has 0 aromatic carbocycles.